The first-order valence-electron chi connectivity index (χ1n) is 16.9. The van der Waals surface area contributed by atoms with Gasteiger partial charge in [0.25, 0.3) is 5.89 Å². The van der Waals surface area contributed by atoms with Crippen LogP contribution in [0.3, 0.4) is 0 Å². The number of fused-ring (bicyclic) bond motifs is 1. The number of carbonyl (C=O) groups is 5. The SMILES string of the molecule is C[C@@H](NC(=O)OCc1ccccc1)C(=O)N1C[C@H](OC(=O)N2CCCCC2)C[C@H]1C(=O)N[C@@H](CCCCN)C(=O)c1nc2ccccc2o1. The average Bonchev–Trinajstić information content (AvgIpc) is 3.75. The van der Waals surface area contributed by atoms with Crippen LogP contribution in [0.4, 0.5) is 9.59 Å². The second kappa shape index (κ2) is 16.9. The van der Waals surface area contributed by atoms with E-state index < -0.39 is 54.0 Å². The number of oxazole rings is 1. The average molecular weight is 677 g/mol. The summed E-state index contributed by atoms with van der Waals surface area (Å²) in [7, 11) is 0. The number of alkyl carbamates (subject to hydrolysis) is 1. The molecule has 2 aromatic carbocycles. The number of amides is 4. The van der Waals surface area contributed by atoms with Gasteiger partial charge in [0.2, 0.25) is 17.6 Å². The van der Waals surface area contributed by atoms with Gasteiger partial charge in [-0.1, -0.05) is 42.5 Å². The van der Waals surface area contributed by atoms with Crippen LogP contribution in [0.15, 0.2) is 59.0 Å². The van der Waals surface area contributed by atoms with E-state index in [1.165, 1.54) is 11.8 Å². The zero-order chi connectivity index (χ0) is 34.8. The molecule has 4 N–H and O–H groups in total. The lowest BCUT2D eigenvalue weighted by Gasteiger charge is -2.28. The first-order valence-corrected chi connectivity index (χ1v) is 16.9. The lowest BCUT2D eigenvalue weighted by molar-refractivity contribution is -0.139. The molecule has 4 amide bonds. The van der Waals surface area contributed by atoms with Crippen molar-refractivity contribution in [3.05, 3.63) is 66.1 Å². The minimum absolute atomic E-state index is 0.00885. The fraction of sp³-hybridized carbons (Fsp3) is 0.486. The molecule has 2 aliphatic rings. The van der Waals surface area contributed by atoms with Gasteiger partial charge >= 0.3 is 12.2 Å². The van der Waals surface area contributed by atoms with E-state index in [0.717, 1.165) is 24.8 Å². The van der Waals surface area contributed by atoms with Crippen LogP contribution in [0, 0.1) is 0 Å². The van der Waals surface area contributed by atoms with Gasteiger partial charge in [-0.3, -0.25) is 14.4 Å². The van der Waals surface area contributed by atoms with Crippen molar-refractivity contribution < 1.29 is 37.9 Å². The number of benzene rings is 2. The van der Waals surface area contributed by atoms with Crippen molar-refractivity contribution >= 4 is 40.9 Å². The first kappa shape index (κ1) is 35.3. The molecule has 0 aliphatic carbocycles. The summed E-state index contributed by atoms with van der Waals surface area (Å²) in [6.07, 6.45) is 2.13. The number of nitrogens with zero attached hydrogens (tertiary/aromatic N) is 3. The minimum Gasteiger partial charge on any atom is -0.445 e. The highest BCUT2D eigenvalue weighted by Gasteiger charge is 2.44. The number of likely N-dealkylation sites (tertiary alicyclic amines) is 2. The predicted molar refractivity (Wildman–Crippen MR) is 178 cm³/mol. The van der Waals surface area contributed by atoms with Crippen molar-refractivity contribution in [3.8, 4) is 0 Å². The molecule has 2 saturated heterocycles. The Labute approximate surface area is 284 Å². The molecule has 3 aromatic rings. The Morgan fingerprint density at radius 1 is 0.980 bits per heavy atom. The van der Waals surface area contributed by atoms with Gasteiger partial charge in [0.15, 0.2) is 5.58 Å². The topological polar surface area (TPSA) is 186 Å². The monoisotopic (exact) mass is 676 g/mol. The van der Waals surface area contributed by atoms with Crippen LogP contribution < -0.4 is 16.4 Å². The number of nitrogens with two attached hydrogens (primary N) is 1. The van der Waals surface area contributed by atoms with E-state index >= 15 is 0 Å². The summed E-state index contributed by atoms with van der Waals surface area (Å²) in [6, 6.07) is 12.9. The molecule has 49 heavy (non-hydrogen) atoms. The highest BCUT2D eigenvalue weighted by Crippen LogP contribution is 2.25. The summed E-state index contributed by atoms with van der Waals surface area (Å²) in [5.74, 6) is -1.83. The van der Waals surface area contributed by atoms with Crippen molar-refractivity contribution in [2.24, 2.45) is 5.73 Å². The van der Waals surface area contributed by atoms with E-state index in [4.69, 9.17) is 19.6 Å². The van der Waals surface area contributed by atoms with Crippen LogP contribution in [-0.2, 0) is 25.7 Å². The number of carbonyl (C=O) groups excluding carboxylic acids is 5. The molecule has 0 bridgehead atoms. The van der Waals surface area contributed by atoms with E-state index in [1.54, 1.807) is 41.3 Å². The van der Waals surface area contributed by atoms with Crippen molar-refractivity contribution in [3.63, 3.8) is 0 Å². The molecule has 3 heterocycles. The Bertz CT molecular complexity index is 1570. The lowest BCUT2D eigenvalue weighted by atomic mass is 10.0. The van der Waals surface area contributed by atoms with Gasteiger partial charge in [-0.25, -0.2) is 14.6 Å². The summed E-state index contributed by atoms with van der Waals surface area (Å²) in [6.45, 7) is 2.99. The third-order valence-corrected chi connectivity index (χ3v) is 8.73. The van der Waals surface area contributed by atoms with Gasteiger partial charge in [-0.05, 0) is 69.7 Å². The molecule has 4 atom stereocenters. The third kappa shape index (κ3) is 9.34. The van der Waals surface area contributed by atoms with E-state index in [9.17, 15) is 24.0 Å². The molecule has 0 radical (unpaired) electrons. The minimum atomic E-state index is -1.09. The van der Waals surface area contributed by atoms with Crippen LogP contribution in [0.25, 0.3) is 11.1 Å². The predicted octanol–water partition coefficient (Wildman–Crippen LogP) is 3.53. The number of rotatable bonds is 13. The van der Waals surface area contributed by atoms with E-state index in [2.05, 4.69) is 15.6 Å². The van der Waals surface area contributed by atoms with E-state index in [0.29, 0.717) is 43.6 Å². The molecular weight excluding hydrogens is 632 g/mol. The number of para-hydroxylation sites is 2. The van der Waals surface area contributed by atoms with Gasteiger partial charge in [0.05, 0.1) is 12.6 Å². The molecule has 14 nitrogen and oxygen atoms in total. The van der Waals surface area contributed by atoms with Crippen LogP contribution >= 0.6 is 0 Å². The number of ether oxygens (including phenoxy) is 2. The van der Waals surface area contributed by atoms with Crippen molar-refractivity contribution in [1.29, 1.82) is 0 Å². The summed E-state index contributed by atoms with van der Waals surface area (Å²) in [5, 5.41) is 5.35. The van der Waals surface area contributed by atoms with Crippen LogP contribution in [0.2, 0.25) is 0 Å². The Hall–Kier alpha value is -4.98. The lowest BCUT2D eigenvalue weighted by Crippen LogP contribution is -2.54. The molecule has 2 aliphatic heterocycles. The number of ketones is 1. The van der Waals surface area contributed by atoms with Gasteiger partial charge in [-0.15, -0.1) is 0 Å². The van der Waals surface area contributed by atoms with Crippen LogP contribution in [0.1, 0.15) is 68.1 Å². The number of Topliss-reactive ketones (excluding diaryl/α,β-unsaturated/α-hetero) is 1. The standard InChI is InChI=1S/C35H44N6O8/c1-23(37-34(45)47-22-24-12-4-2-5-13-24)33(44)41-21-25(48-35(46)40-18-10-3-11-19-40)20-28(41)31(43)38-27(15-8-9-17-36)30(42)32-39-26-14-6-7-16-29(26)49-32/h2,4-7,12-14,16,23,25,27-28H,3,8-11,15,17-22,36H2,1H3,(H,37,45)(H,38,43)/t23-,25-,27+,28+/m1/s1. The summed E-state index contributed by atoms with van der Waals surface area (Å²) in [5.41, 5.74) is 7.42. The molecule has 1 aromatic heterocycles. The zero-order valence-electron chi connectivity index (χ0n) is 27.7. The normalized spacial score (nSPS) is 18.8. The third-order valence-electron chi connectivity index (χ3n) is 8.73. The Morgan fingerprint density at radius 2 is 1.71 bits per heavy atom. The molecule has 0 saturated carbocycles. The fourth-order valence-electron chi connectivity index (χ4n) is 6.08. The van der Waals surface area contributed by atoms with Gasteiger partial charge in [-0.2, -0.15) is 0 Å². The van der Waals surface area contributed by atoms with Crippen molar-refractivity contribution in [2.75, 3.05) is 26.2 Å². The number of hydrogen-bond donors (Lipinski definition) is 3. The Morgan fingerprint density at radius 3 is 2.45 bits per heavy atom. The number of aromatic nitrogens is 1. The van der Waals surface area contributed by atoms with Gasteiger partial charge < -0.3 is 40.1 Å². The van der Waals surface area contributed by atoms with E-state index in [-0.39, 0.29) is 31.9 Å². The summed E-state index contributed by atoms with van der Waals surface area (Å²) < 4.78 is 16.8. The summed E-state index contributed by atoms with van der Waals surface area (Å²) in [4.78, 5) is 74.1. The number of piperidine rings is 1. The summed E-state index contributed by atoms with van der Waals surface area (Å²) >= 11 is 0. The molecule has 14 heteroatoms. The van der Waals surface area contributed by atoms with Crippen LogP contribution in [-0.4, -0.2) is 95.0 Å². The quantitative estimate of drug-likeness (QED) is 0.179. The molecule has 0 spiro atoms. The number of hydrogen-bond acceptors (Lipinski definition) is 10. The molecule has 0 unspecified atom stereocenters. The Balaban J connectivity index is 1.30. The molecule has 5 rings (SSSR count). The maximum Gasteiger partial charge on any atom is 0.410 e. The maximum absolute atomic E-state index is 14.0. The molecule has 262 valence electrons. The van der Waals surface area contributed by atoms with Gasteiger partial charge in [0, 0.05) is 19.5 Å². The Kier molecular flexibility index (Phi) is 12.2. The van der Waals surface area contributed by atoms with E-state index in [1.807, 2.05) is 18.2 Å². The smallest absolute Gasteiger partial charge is 0.410 e. The second-order valence-corrected chi connectivity index (χ2v) is 12.4. The highest BCUT2D eigenvalue weighted by atomic mass is 16.6. The maximum atomic E-state index is 14.0. The molecule has 2 fully saturated rings. The first-order chi connectivity index (χ1) is 23.7. The van der Waals surface area contributed by atoms with Crippen molar-refractivity contribution in [1.82, 2.24) is 25.4 Å². The second-order valence-electron chi connectivity index (χ2n) is 12.4. The molecular formula is C35H44N6O8. The fourth-order valence-corrected chi connectivity index (χ4v) is 6.08. The zero-order valence-corrected chi connectivity index (χ0v) is 27.7. The number of nitrogens with one attached hydrogen (secondary N) is 2. The van der Waals surface area contributed by atoms with Gasteiger partial charge in [0.1, 0.15) is 30.3 Å². The largest absolute Gasteiger partial charge is 0.445 e. The van der Waals surface area contributed by atoms with Crippen LogP contribution in [0.5, 0.6) is 0 Å². The van der Waals surface area contributed by atoms with Crippen molar-refractivity contribution in [2.45, 2.75) is 82.7 Å². The highest BCUT2D eigenvalue weighted by molar-refractivity contribution is 6.01. The number of unbranched alkanes of at least 4 members (excludes halogenated alkanes) is 1.